The first-order valence-electron chi connectivity index (χ1n) is 4.96. The summed E-state index contributed by atoms with van der Waals surface area (Å²) < 4.78 is 11.1. The molecule has 1 N–H and O–H groups in total. The van der Waals surface area contributed by atoms with E-state index in [4.69, 9.17) is 5.11 Å². The highest BCUT2D eigenvalue weighted by molar-refractivity contribution is 7.85. The van der Waals surface area contributed by atoms with Gasteiger partial charge in [0.25, 0.3) is 0 Å². The summed E-state index contributed by atoms with van der Waals surface area (Å²) >= 11 is 0. The molecule has 2 fully saturated rings. The van der Waals surface area contributed by atoms with Crippen molar-refractivity contribution < 1.29 is 18.9 Å². The number of carboxylic acid groups (broad SMARTS) is 1. The minimum Gasteiger partial charge on any atom is -0.481 e. The SMILES string of the molecule is O=C(O)[C@@H]1C[C@@H]1C(=O)N1CCS(=O)CC1. The molecule has 0 unspecified atom stereocenters. The Balaban J connectivity index is 1.87. The Morgan fingerprint density at radius 1 is 1.20 bits per heavy atom. The lowest BCUT2D eigenvalue weighted by atomic mass is 10.2. The van der Waals surface area contributed by atoms with Crippen LogP contribution in [-0.2, 0) is 20.4 Å². The molecule has 2 rings (SSSR count). The van der Waals surface area contributed by atoms with Crippen molar-refractivity contribution in [1.82, 2.24) is 4.90 Å². The molecule has 1 aliphatic heterocycles. The van der Waals surface area contributed by atoms with Gasteiger partial charge in [-0.05, 0) is 6.42 Å². The van der Waals surface area contributed by atoms with E-state index in [2.05, 4.69) is 0 Å². The molecule has 6 heteroatoms. The van der Waals surface area contributed by atoms with Gasteiger partial charge in [-0.15, -0.1) is 0 Å². The summed E-state index contributed by atoms with van der Waals surface area (Å²) in [4.78, 5) is 24.0. The molecule has 2 aliphatic rings. The van der Waals surface area contributed by atoms with E-state index < -0.39 is 22.7 Å². The lowest BCUT2D eigenvalue weighted by molar-refractivity contribution is -0.141. The molecule has 2 atom stereocenters. The van der Waals surface area contributed by atoms with Gasteiger partial charge in [0, 0.05) is 35.4 Å². The first kappa shape index (κ1) is 10.6. The van der Waals surface area contributed by atoms with E-state index in [0.717, 1.165) is 0 Å². The van der Waals surface area contributed by atoms with Crippen molar-refractivity contribution in [3.05, 3.63) is 0 Å². The summed E-state index contributed by atoms with van der Waals surface area (Å²) in [5.74, 6) is -0.709. The molecule has 1 aliphatic carbocycles. The number of hydrogen-bond acceptors (Lipinski definition) is 3. The number of carbonyl (C=O) groups excluding carboxylic acids is 1. The highest BCUT2D eigenvalue weighted by atomic mass is 32.2. The Labute approximate surface area is 89.9 Å². The third kappa shape index (κ3) is 2.19. The second kappa shape index (κ2) is 3.92. The maximum absolute atomic E-state index is 11.7. The van der Waals surface area contributed by atoms with Crippen LogP contribution in [0.5, 0.6) is 0 Å². The Morgan fingerprint density at radius 2 is 1.80 bits per heavy atom. The third-order valence-electron chi connectivity index (χ3n) is 2.91. The normalized spacial score (nSPS) is 31.3. The molecule has 0 spiro atoms. The van der Waals surface area contributed by atoms with Crippen LogP contribution in [0.25, 0.3) is 0 Å². The molecule has 0 radical (unpaired) electrons. The van der Waals surface area contributed by atoms with Crippen molar-refractivity contribution in [2.24, 2.45) is 11.8 Å². The summed E-state index contributed by atoms with van der Waals surface area (Å²) in [5.41, 5.74) is 0. The van der Waals surface area contributed by atoms with Crippen LogP contribution in [0.15, 0.2) is 0 Å². The molecule has 0 aromatic rings. The first-order chi connectivity index (χ1) is 7.09. The fourth-order valence-corrected chi connectivity index (χ4v) is 2.89. The summed E-state index contributed by atoms with van der Waals surface area (Å²) in [6.07, 6.45) is 0.466. The molecule has 1 heterocycles. The number of aliphatic carboxylic acids is 1. The van der Waals surface area contributed by atoms with Crippen LogP contribution < -0.4 is 0 Å². The van der Waals surface area contributed by atoms with Gasteiger partial charge in [0.15, 0.2) is 0 Å². The Bertz CT molecular complexity index is 320. The van der Waals surface area contributed by atoms with E-state index in [1.165, 1.54) is 0 Å². The van der Waals surface area contributed by atoms with Crippen molar-refractivity contribution >= 4 is 22.7 Å². The first-order valence-corrected chi connectivity index (χ1v) is 6.45. The number of hydrogen-bond donors (Lipinski definition) is 1. The Kier molecular flexibility index (Phi) is 2.77. The van der Waals surface area contributed by atoms with Gasteiger partial charge in [-0.25, -0.2) is 0 Å². The van der Waals surface area contributed by atoms with E-state index in [1.54, 1.807) is 4.90 Å². The second-order valence-electron chi connectivity index (χ2n) is 3.96. The van der Waals surface area contributed by atoms with Gasteiger partial charge >= 0.3 is 5.97 Å². The fraction of sp³-hybridized carbons (Fsp3) is 0.778. The maximum atomic E-state index is 11.7. The monoisotopic (exact) mass is 231 g/mol. The van der Waals surface area contributed by atoms with Crippen LogP contribution in [-0.4, -0.2) is 50.7 Å². The topological polar surface area (TPSA) is 74.7 Å². The molecule has 1 amide bonds. The lowest BCUT2D eigenvalue weighted by Gasteiger charge is -2.26. The van der Waals surface area contributed by atoms with Crippen molar-refractivity contribution in [2.75, 3.05) is 24.6 Å². The summed E-state index contributed by atoms with van der Waals surface area (Å²) in [6, 6.07) is 0. The van der Waals surface area contributed by atoms with Crippen LogP contribution in [0, 0.1) is 11.8 Å². The fourth-order valence-electron chi connectivity index (χ4n) is 1.83. The largest absolute Gasteiger partial charge is 0.481 e. The van der Waals surface area contributed by atoms with Crippen LogP contribution in [0.2, 0.25) is 0 Å². The lowest BCUT2D eigenvalue weighted by Crippen LogP contribution is -2.42. The number of rotatable bonds is 2. The summed E-state index contributed by atoms with van der Waals surface area (Å²) in [7, 11) is -0.798. The van der Waals surface area contributed by atoms with Gasteiger partial charge < -0.3 is 10.0 Å². The molecule has 0 bridgehead atoms. The van der Waals surface area contributed by atoms with E-state index in [0.29, 0.717) is 31.0 Å². The molecule has 0 aromatic heterocycles. The van der Waals surface area contributed by atoms with Gasteiger partial charge in [-0.2, -0.15) is 0 Å². The zero-order chi connectivity index (χ0) is 11.0. The van der Waals surface area contributed by atoms with Gasteiger partial charge in [0.1, 0.15) is 0 Å². The Morgan fingerprint density at radius 3 is 2.27 bits per heavy atom. The zero-order valence-corrected chi connectivity index (χ0v) is 9.03. The Hall–Kier alpha value is -0.910. The molecule has 15 heavy (non-hydrogen) atoms. The molecule has 1 saturated carbocycles. The molecule has 0 aromatic carbocycles. The standard InChI is InChI=1S/C9H13NO4S/c11-8(6-5-7(6)9(12)13)10-1-3-15(14)4-2-10/h6-7H,1-5H2,(H,12,13)/t6-,7+/m0/s1. The van der Waals surface area contributed by atoms with Gasteiger partial charge in [0.2, 0.25) is 5.91 Å². The number of carboxylic acids is 1. The number of nitrogens with zero attached hydrogens (tertiary/aromatic N) is 1. The quantitative estimate of drug-likeness (QED) is 0.682. The van der Waals surface area contributed by atoms with Gasteiger partial charge in [0.05, 0.1) is 11.8 Å². The van der Waals surface area contributed by atoms with E-state index >= 15 is 0 Å². The van der Waals surface area contributed by atoms with E-state index in [1.807, 2.05) is 0 Å². The predicted octanol–water partition coefficient (Wildman–Crippen LogP) is -0.702. The van der Waals surface area contributed by atoms with Crippen molar-refractivity contribution in [1.29, 1.82) is 0 Å². The van der Waals surface area contributed by atoms with Gasteiger partial charge in [-0.3, -0.25) is 13.8 Å². The molecular formula is C9H13NO4S. The van der Waals surface area contributed by atoms with Crippen LogP contribution in [0.3, 0.4) is 0 Å². The average molecular weight is 231 g/mol. The smallest absolute Gasteiger partial charge is 0.307 e. The van der Waals surface area contributed by atoms with E-state index in [9.17, 15) is 13.8 Å². The number of amides is 1. The molecule has 5 nitrogen and oxygen atoms in total. The highest BCUT2D eigenvalue weighted by Crippen LogP contribution is 2.40. The molecule has 1 saturated heterocycles. The van der Waals surface area contributed by atoms with Crippen LogP contribution in [0.4, 0.5) is 0 Å². The minimum atomic E-state index is -0.881. The summed E-state index contributed by atoms with van der Waals surface area (Å²) in [5, 5.41) is 8.69. The van der Waals surface area contributed by atoms with E-state index in [-0.39, 0.29) is 11.8 Å². The highest BCUT2D eigenvalue weighted by Gasteiger charge is 2.49. The third-order valence-corrected chi connectivity index (χ3v) is 4.19. The van der Waals surface area contributed by atoms with Crippen molar-refractivity contribution in [3.63, 3.8) is 0 Å². The minimum absolute atomic E-state index is 0.0703. The number of carbonyl (C=O) groups is 2. The zero-order valence-electron chi connectivity index (χ0n) is 8.22. The van der Waals surface area contributed by atoms with Crippen LogP contribution >= 0.6 is 0 Å². The second-order valence-corrected chi connectivity index (χ2v) is 5.66. The molecular weight excluding hydrogens is 218 g/mol. The maximum Gasteiger partial charge on any atom is 0.307 e. The van der Waals surface area contributed by atoms with Crippen molar-refractivity contribution in [2.45, 2.75) is 6.42 Å². The van der Waals surface area contributed by atoms with Crippen molar-refractivity contribution in [3.8, 4) is 0 Å². The summed E-state index contributed by atoms with van der Waals surface area (Å²) in [6.45, 7) is 1.02. The predicted molar refractivity (Wildman–Crippen MR) is 53.7 cm³/mol. The van der Waals surface area contributed by atoms with Crippen LogP contribution in [0.1, 0.15) is 6.42 Å². The molecule has 84 valence electrons. The van der Waals surface area contributed by atoms with Gasteiger partial charge in [-0.1, -0.05) is 0 Å². The average Bonchev–Trinajstić information content (AvgIpc) is 2.97.